The van der Waals surface area contributed by atoms with E-state index < -0.39 is 11.7 Å². The first-order valence-electron chi connectivity index (χ1n) is 10.5. The van der Waals surface area contributed by atoms with Gasteiger partial charge in [-0.05, 0) is 41.5 Å². The maximum absolute atomic E-state index is 13.3. The lowest BCUT2D eigenvalue weighted by Crippen LogP contribution is -2.38. The Hall–Kier alpha value is -3.69. The second-order valence-electron chi connectivity index (χ2n) is 8.92. The van der Waals surface area contributed by atoms with Crippen LogP contribution in [0.5, 0.6) is 0 Å². The highest BCUT2D eigenvalue weighted by Crippen LogP contribution is 2.39. The van der Waals surface area contributed by atoms with Gasteiger partial charge in [0.15, 0.2) is 5.82 Å². The molecule has 0 aliphatic carbocycles. The van der Waals surface area contributed by atoms with Gasteiger partial charge >= 0.3 is 6.09 Å². The molecule has 0 fully saturated rings. The average Bonchev–Trinajstić information content (AvgIpc) is 3.34. The van der Waals surface area contributed by atoms with Crippen molar-refractivity contribution in [2.75, 3.05) is 15.1 Å². The molecule has 0 saturated heterocycles. The predicted octanol–water partition coefficient (Wildman–Crippen LogP) is 4.32. The van der Waals surface area contributed by atoms with Gasteiger partial charge in [-0.1, -0.05) is 0 Å². The van der Waals surface area contributed by atoms with E-state index in [2.05, 4.69) is 56.1 Å². The summed E-state index contributed by atoms with van der Waals surface area (Å²) in [5.41, 5.74) is 1.91. The molecule has 3 aromatic rings. The van der Waals surface area contributed by atoms with Gasteiger partial charge in [0.05, 0.1) is 35.5 Å². The van der Waals surface area contributed by atoms with Crippen molar-refractivity contribution in [3.8, 4) is 11.4 Å². The predicted molar refractivity (Wildman–Crippen MR) is 123 cm³/mol. The van der Waals surface area contributed by atoms with Gasteiger partial charge in [-0.15, -0.1) is 0 Å². The third-order valence-electron chi connectivity index (χ3n) is 4.92. The SMILES string of the molecule is CC(C)N1c2cc(N(C(=O)OC(C)(C)C)c3ccnc(-c4cn[nH]c4)n3)ncc2NC1C. The molecule has 2 N–H and O–H groups in total. The van der Waals surface area contributed by atoms with Crippen molar-refractivity contribution in [1.29, 1.82) is 0 Å². The molecule has 0 aromatic carbocycles. The third kappa shape index (κ3) is 4.20. The Labute approximate surface area is 187 Å². The van der Waals surface area contributed by atoms with Crippen molar-refractivity contribution in [2.24, 2.45) is 0 Å². The van der Waals surface area contributed by atoms with Crippen LogP contribution in [0.2, 0.25) is 0 Å². The van der Waals surface area contributed by atoms with Crippen LogP contribution in [0.25, 0.3) is 11.4 Å². The molecule has 1 unspecified atom stereocenters. The first-order valence-corrected chi connectivity index (χ1v) is 10.5. The lowest BCUT2D eigenvalue weighted by atomic mass is 10.2. The van der Waals surface area contributed by atoms with Crippen LogP contribution in [0.15, 0.2) is 36.9 Å². The highest BCUT2D eigenvalue weighted by atomic mass is 16.6. The summed E-state index contributed by atoms with van der Waals surface area (Å²) in [5, 5.41) is 10.1. The maximum Gasteiger partial charge on any atom is 0.421 e. The zero-order chi connectivity index (χ0) is 23.0. The summed E-state index contributed by atoms with van der Waals surface area (Å²) in [6, 6.07) is 3.80. The highest BCUT2D eigenvalue weighted by Gasteiger charge is 2.32. The van der Waals surface area contributed by atoms with E-state index in [0.29, 0.717) is 23.0 Å². The molecule has 0 saturated carbocycles. The second-order valence-corrected chi connectivity index (χ2v) is 8.92. The van der Waals surface area contributed by atoms with Crippen molar-refractivity contribution < 1.29 is 9.53 Å². The zero-order valence-electron chi connectivity index (χ0n) is 19.1. The number of ether oxygens (including phenoxy) is 1. The van der Waals surface area contributed by atoms with Crippen LogP contribution < -0.4 is 15.1 Å². The molecule has 4 rings (SSSR count). The molecule has 0 radical (unpaired) electrons. The van der Waals surface area contributed by atoms with E-state index in [0.717, 1.165) is 11.4 Å². The second kappa shape index (κ2) is 8.10. The smallest absolute Gasteiger partial charge is 0.421 e. The van der Waals surface area contributed by atoms with Crippen LogP contribution in [0.4, 0.5) is 27.8 Å². The van der Waals surface area contributed by atoms with E-state index >= 15 is 0 Å². The Morgan fingerprint density at radius 3 is 2.66 bits per heavy atom. The standard InChI is InChI=1S/C22H28N8O2/c1-13(2)29-14(3)27-16-12-24-19(9-17(16)29)30(21(31)32-22(4,5)6)18-7-8-23-20(28-18)15-10-25-26-11-15/h7-14,27H,1-6H3,(H,25,26). The van der Waals surface area contributed by atoms with Gasteiger partial charge in [0.25, 0.3) is 0 Å². The lowest BCUT2D eigenvalue weighted by Gasteiger charge is -2.29. The largest absolute Gasteiger partial charge is 0.443 e. The van der Waals surface area contributed by atoms with Gasteiger partial charge in [0.1, 0.15) is 17.2 Å². The summed E-state index contributed by atoms with van der Waals surface area (Å²) < 4.78 is 5.69. The quantitative estimate of drug-likeness (QED) is 0.622. The summed E-state index contributed by atoms with van der Waals surface area (Å²) in [6.45, 7) is 11.8. The van der Waals surface area contributed by atoms with Gasteiger partial charge in [-0.2, -0.15) is 5.10 Å². The number of aromatic nitrogens is 5. The van der Waals surface area contributed by atoms with Gasteiger partial charge in [0, 0.05) is 30.6 Å². The summed E-state index contributed by atoms with van der Waals surface area (Å²) in [5.74, 6) is 1.20. The first-order chi connectivity index (χ1) is 15.1. The van der Waals surface area contributed by atoms with Crippen LogP contribution in [-0.4, -0.2) is 49.1 Å². The topological polar surface area (TPSA) is 112 Å². The number of anilines is 4. The molecule has 3 aromatic heterocycles. The minimum absolute atomic E-state index is 0.115. The van der Waals surface area contributed by atoms with E-state index in [-0.39, 0.29) is 12.2 Å². The molecule has 1 aliphatic heterocycles. The Kier molecular flexibility index (Phi) is 5.45. The van der Waals surface area contributed by atoms with E-state index in [1.807, 2.05) is 26.8 Å². The van der Waals surface area contributed by atoms with Crippen molar-refractivity contribution in [2.45, 2.75) is 59.4 Å². The van der Waals surface area contributed by atoms with E-state index in [4.69, 9.17) is 4.74 Å². The molecular formula is C22H28N8O2. The molecule has 1 aliphatic rings. The minimum atomic E-state index is -0.688. The van der Waals surface area contributed by atoms with Crippen molar-refractivity contribution >= 4 is 29.1 Å². The van der Waals surface area contributed by atoms with Gasteiger partial charge in [0.2, 0.25) is 0 Å². The fourth-order valence-corrected chi connectivity index (χ4v) is 3.71. The molecule has 1 amide bonds. The summed E-state index contributed by atoms with van der Waals surface area (Å²) in [7, 11) is 0. The number of nitrogens with zero attached hydrogens (tertiary/aromatic N) is 6. The number of fused-ring (bicyclic) bond motifs is 1. The molecule has 32 heavy (non-hydrogen) atoms. The number of carbonyl (C=O) groups is 1. The molecule has 1 atom stereocenters. The van der Waals surface area contributed by atoms with Gasteiger partial charge in [-0.3, -0.25) is 5.10 Å². The number of hydrogen-bond acceptors (Lipinski definition) is 8. The number of aromatic amines is 1. The molecule has 0 bridgehead atoms. The zero-order valence-corrected chi connectivity index (χ0v) is 19.1. The van der Waals surface area contributed by atoms with Crippen LogP contribution in [0, 0.1) is 0 Å². The van der Waals surface area contributed by atoms with E-state index in [1.54, 1.807) is 30.9 Å². The fourth-order valence-electron chi connectivity index (χ4n) is 3.71. The maximum atomic E-state index is 13.3. The molecule has 168 valence electrons. The van der Waals surface area contributed by atoms with E-state index in [1.165, 1.54) is 4.90 Å². The molecule has 10 heteroatoms. The molecular weight excluding hydrogens is 408 g/mol. The van der Waals surface area contributed by atoms with E-state index in [9.17, 15) is 4.79 Å². The Morgan fingerprint density at radius 1 is 1.22 bits per heavy atom. The Morgan fingerprint density at radius 2 is 2.00 bits per heavy atom. The van der Waals surface area contributed by atoms with Crippen LogP contribution in [0.3, 0.4) is 0 Å². The lowest BCUT2D eigenvalue weighted by molar-refractivity contribution is 0.0597. The number of carbonyl (C=O) groups excluding carboxylic acids is 1. The normalized spacial score (nSPS) is 15.5. The summed E-state index contributed by atoms with van der Waals surface area (Å²) in [4.78, 5) is 30.4. The Bertz CT molecular complexity index is 1110. The summed E-state index contributed by atoms with van der Waals surface area (Å²) in [6.07, 6.45) is 6.19. The third-order valence-corrected chi connectivity index (χ3v) is 4.92. The van der Waals surface area contributed by atoms with Crippen molar-refractivity contribution in [3.05, 3.63) is 36.9 Å². The number of pyridine rings is 1. The van der Waals surface area contributed by atoms with Crippen LogP contribution >= 0.6 is 0 Å². The Balaban J connectivity index is 1.80. The van der Waals surface area contributed by atoms with Gasteiger partial charge in [-0.25, -0.2) is 24.6 Å². The fraction of sp³-hybridized carbons (Fsp3) is 0.409. The number of amides is 1. The molecule has 10 nitrogen and oxygen atoms in total. The average molecular weight is 437 g/mol. The van der Waals surface area contributed by atoms with Crippen LogP contribution in [0.1, 0.15) is 41.5 Å². The number of hydrogen-bond donors (Lipinski definition) is 2. The monoisotopic (exact) mass is 436 g/mol. The highest BCUT2D eigenvalue weighted by molar-refractivity contribution is 5.95. The molecule has 0 spiro atoms. The van der Waals surface area contributed by atoms with Crippen molar-refractivity contribution in [1.82, 2.24) is 25.1 Å². The first kappa shape index (κ1) is 21.5. The van der Waals surface area contributed by atoms with Crippen LogP contribution in [-0.2, 0) is 4.74 Å². The van der Waals surface area contributed by atoms with Crippen molar-refractivity contribution in [3.63, 3.8) is 0 Å². The molecule has 4 heterocycles. The number of nitrogens with one attached hydrogen (secondary N) is 2. The minimum Gasteiger partial charge on any atom is -0.443 e. The number of rotatable bonds is 4. The van der Waals surface area contributed by atoms with Gasteiger partial charge < -0.3 is 15.0 Å². The summed E-state index contributed by atoms with van der Waals surface area (Å²) >= 11 is 0. The number of H-pyrrole nitrogens is 1.